The number of alkyl halides is 25. The topological polar surface area (TPSA) is 69.6 Å². The summed E-state index contributed by atoms with van der Waals surface area (Å²) in [6.45, 7) is -2.16. The van der Waals surface area contributed by atoms with E-state index in [0.717, 1.165) is 0 Å². The first-order valence-corrected chi connectivity index (χ1v) is 10.8. The molecule has 0 heterocycles. The van der Waals surface area contributed by atoms with E-state index in [9.17, 15) is 119 Å². The van der Waals surface area contributed by atoms with Gasteiger partial charge in [-0.25, -0.2) is 0 Å². The fourth-order valence-electron chi connectivity index (χ4n) is 2.61. The zero-order valence-corrected chi connectivity index (χ0v) is 20.5. The Kier molecular flexibility index (Phi) is 11.0. The van der Waals surface area contributed by atoms with Gasteiger partial charge in [0.25, 0.3) is 0 Å². The maximum absolute atomic E-state index is 13.7. The summed E-state index contributed by atoms with van der Waals surface area (Å²) in [6, 6.07) is 0. The smallest absolute Gasteiger partial charge is 0.488 e. The minimum Gasteiger partial charge on any atom is -0.566 e. The van der Waals surface area contributed by atoms with Crippen molar-refractivity contribution in [1.29, 1.82) is 0 Å². The summed E-state index contributed by atoms with van der Waals surface area (Å²) in [4.78, 5) is 10.0. The molecular weight excluding hydrogens is 750 g/mol. The van der Waals surface area contributed by atoms with Crippen molar-refractivity contribution >= 4 is 8.25 Å². The van der Waals surface area contributed by atoms with Crippen molar-refractivity contribution in [2.45, 2.75) is 83.8 Å². The standard InChI is InChI=1S/C15H6F25O4P/c16-4(17,1-3(41)2-44-45(42)43)5(18,19)6(20,21)7(22,23)8(24,25)9(26,27)10(28,29)11(30,31)12(32,33)13(34,35)14(36,37)15(38,39)40/h3,41H,1-2H2. The molecule has 0 fully saturated rings. The molecular formula is C15H6F25O4P. The molecule has 0 aromatic heterocycles. The predicted octanol–water partition coefficient (Wildman–Crippen LogP) is 7.32. The van der Waals surface area contributed by atoms with Gasteiger partial charge in [0.15, 0.2) is 0 Å². The summed E-state index contributed by atoms with van der Waals surface area (Å²) in [5.41, 5.74) is 0. The molecule has 2 unspecified atom stereocenters. The first-order valence-electron chi connectivity index (χ1n) is 9.74. The van der Waals surface area contributed by atoms with E-state index in [2.05, 4.69) is 4.52 Å². The van der Waals surface area contributed by atoms with Crippen LogP contribution in [0, 0.1) is 0 Å². The van der Waals surface area contributed by atoms with Crippen LogP contribution >= 0.6 is 8.25 Å². The molecule has 0 spiro atoms. The van der Waals surface area contributed by atoms with E-state index in [1.165, 1.54) is 0 Å². The molecule has 0 aliphatic rings. The van der Waals surface area contributed by atoms with Gasteiger partial charge in [0.1, 0.15) is 6.61 Å². The molecule has 0 saturated carbocycles. The molecule has 0 aliphatic heterocycles. The molecule has 0 aliphatic carbocycles. The van der Waals surface area contributed by atoms with E-state index in [-0.39, 0.29) is 0 Å². The Hall–Kier alpha value is -1.77. The summed E-state index contributed by atoms with van der Waals surface area (Å²) in [5, 5.41) is 8.86. The number of halogens is 25. The van der Waals surface area contributed by atoms with Gasteiger partial charge >= 0.3 is 79.6 Å². The van der Waals surface area contributed by atoms with Gasteiger partial charge in [0, 0.05) is 6.42 Å². The van der Waals surface area contributed by atoms with Crippen LogP contribution in [0.3, 0.4) is 0 Å². The second-order valence-corrected chi connectivity index (χ2v) is 9.03. The van der Waals surface area contributed by atoms with Gasteiger partial charge in [0.2, 0.25) is 0 Å². The summed E-state index contributed by atoms with van der Waals surface area (Å²) in [7, 11) is -4.19. The zero-order valence-electron chi connectivity index (χ0n) is 19.6. The number of rotatable bonds is 15. The average Bonchev–Trinajstić information content (AvgIpc) is 2.80. The lowest BCUT2D eigenvalue weighted by Crippen LogP contribution is -2.78. The lowest BCUT2D eigenvalue weighted by atomic mass is 9.84. The summed E-state index contributed by atoms with van der Waals surface area (Å²) in [6.07, 6.45) is -15.2. The van der Waals surface area contributed by atoms with Gasteiger partial charge in [-0.15, -0.1) is 4.52 Å². The Morgan fingerprint density at radius 1 is 0.467 bits per heavy atom. The van der Waals surface area contributed by atoms with E-state index in [1.807, 2.05) is 0 Å². The Morgan fingerprint density at radius 3 is 0.911 bits per heavy atom. The van der Waals surface area contributed by atoms with Crippen molar-refractivity contribution < 1.29 is 129 Å². The maximum atomic E-state index is 13.7. The van der Waals surface area contributed by atoms with Crippen LogP contribution < -0.4 is 4.89 Å². The van der Waals surface area contributed by atoms with Crippen LogP contribution in [0.4, 0.5) is 110 Å². The largest absolute Gasteiger partial charge is 0.566 e. The van der Waals surface area contributed by atoms with Crippen molar-refractivity contribution in [3.63, 3.8) is 0 Å². The van der Waals surface area contributed by atoms with E-state index >= 15 is 0 Å². The number of hydrogen-bond acceptors (Lipinski definition) is 4. The van der Waals surface area contributed by atoms with E-state index in [4.69, 9.17) is 5.11 Å². The van der Waals surface area contributed by atoms with Crippen LogP contribution in [0.5, 0.6) is 0 Å². The number of aliphatic hydroxyl groups is 1. The molecule has 1 N–H and O–H groups in total. The van der Waals surface area contributed by atoms with Gasteiger partial charge in [-0.05, 0) is 4.57 Å². The predicted molar refractivity (Wildman–Crippen MR) is 84.7 cm³/mol. The molecule has 45 heavy (non-hydrogen) atoms. The summed E-state index contributed by atoms with van der Waals surface area (Å²) >= 11 is 0. The quantitative estimate of drug-likeness (QED) is 0.141. The molecule has 0 aromatic carbocycles. The van der Waals surface area contributed by atoms with Crippen LogP contribution in [-0.2, 0) is 9.09 Å². The highest BCUT2D eigenvalue weighted by atomic mass is 31.1. The first kappa shape index (κ1) is 43.2. The highest BCUT2D eigenvalue weighted by Gasteiger charge is 2.99. The van der Waals surface area contributed by atoms with Crippen molar-refractivity contribution in [2.24, 2.45) is 0 Å². The van der Waals surface area contributed by atoms with E-state index in [0.29, 0.717) is 0 Å². The molecule has 0 aromatic rings. The Labute approximate surface area is 229 Å². The van der Waals surface area contributed by atoms with E-state index < -0.39 is 98.7 Å². The zero-order chi connectivity index (χ0) is 37.3. The van der Waals surface area contributed by atoms with Gasteiger partial charge in [-0.1, -0.05) is 0 Å². The van der Waals surface area contributed by atoms with Gasteiger partial charge in [-0.2, -0.15) is 110 Å². The van der Waals surface area contributed by atoms with Crippen LogP contribution in [-0.4, -0.2) is 89.1 Å². The lowest BCUT2D eigenvalue weighted by molar-refractivity contribution is -0.482. The molecule has 0 amide bonds. The Balaban J connectivity index is 7.16. The monoisotopic (exact) mass is 756 g/mol. The third kappa shape index (κ3) is 5.94. The second kappa shape index (κ2) is 11.4. The minimum absolute atomic E-state index is 2.16. The molecule has 0 radical (unpaired) electrons. The molecule has 4 nitrogen and oxygen atoms in total. The van der Waals surface area contributed by atoms with Crippen molar-refractivity contribution in [2.75, 3.05) is 6.61 Å². The van der Waals surface area contributed by atoms with Gasteiger partial charge in [0.05, 0.1) is 6.10 Å². The van der Waals surface area contributed by atoms with Crippen molar-refractivity contribution in [1.82, 2.24) is 0 Å². The lowest BCUT2D eigenvalue weighted by Gasteiger charge is -2.45. The third-order valence-corrected chi connectivity index (χ3v) is 5.59. The molecule has 2 atom stereocenters. The fourth-order valence-corrected chi connectivity index (χ4v) is 2.91. The molecule has 0 bridgehead atoms. The van der Waals surface area contributed by atoms with Crippen LogP contribution in [0.1, 0.15) is 6.42 Å². The number of hydrogen-bond donors (Lipinski definition) is 1. The van der Waals surface area contributed by atoms with Gasteiger partial charge < -0.3 is 10.00 Å². The Morgan fingerprint density at radius 2 is 0.689 bits per heavy atom. The fraction of sp³-hybridized carbons (Fsp3) is 1.00. The highest BCUT2D eigenvalue weighted by Crippen LogP contribution is 2.67. The maximum Gasteiger partial charge on any atom is 0.488 e. The van der Waals surface area contributed by atoms with E-state index in [1.54, 1.807) is 0 Å². The van der Waals surface area contributed by atoms with Gasteiger partial charge in [-0.3, -0.25) is 0 Å². The van der Waals surface area contributed by atoms with Crippen LogP contribution in [0.25, 0.3) is 0 Å². The summed E-state index contributed by atoms with van der Waals surface area (Å²) in [5.74, 6) is -99.8. The highest BCUT2D eigenvalue weighted by molar-refractivity contribution is 7.30. The number of aliphatic hydroxyl groups excluding tert-OH is 1. The normalized spacial score (nSPS) is 17.4. The first-order chi connectivity index (χ1) is 19.1. The summed E-state index contributed by atoms with van der Waals surface area (Å²) < 4.78 is 346. The van der Waals surface area contributed by atoms with Crippen molar-refractivity contribution in [3.8, 4) is 0 Å². The molecule has 30 heteroatoms. The minimum atomic E-state index is -9.68. The van der Waals surface area contributed by atoms with Crippen LogP contribution in [0.15, 0.2) is 0 Å². The SMILES string of the molecule is O=[P+]([O-])OCC(O)CC(F)(F)C(F)(F)C(F)(F)C(F)(F)C(F)(F)C(F)(F)C(F)(F)C(F)(F)C(F)(F)C(F)(F)C(F)(F)C(F)(F)F. The third-order valence-electron chi connectivity index (χ3n) is 5.23. The molecule has 270 valence electrons. The van der Waals surface area contributed by atoms with Crippen LogP contribution in [0.2, 0.25) is 0 Å². The molecule has 0 rings (SSSR count). The van der Waals surface area contributed by atoms with Crippen molar-refractivity contribution in [3.05, 3.63) is 0 Å². The Bertz CT molecular complexity index is 1080. The average molecular weight is 756 g/mol. The molecule has 0 saturated heterocycles. The second-order valence-electron chi connectivity index (χ2n) is 8.32.